The van der Waals surface area contributed by atoms with Gasteiger partial charge < -0.3 is 0 Å². The number of allylic oxidation sites excluding steroid dienone is 13. The Bertz CT molecular complexity index is 591. The third kappa shape index (κ3) is 16.1. The van der Waals surface area contributed by atoms with Gasteiger partial charge >= 0.3 is 0 Å². The molecule has 0 aromatic heterocycles. The number of nitro groups is 1. The molecule has 0 saturated carbocycles. The van der Waals surface area contributed by atoms with E-state index in [0.717, 1.165) is 25.7 Å². The second kappa shape index (κ2) is 18.6. The predicted molar refractivity (Wildman–Crippen MR) is 109 cm³/mol. The molecule has 1 radical (unpaired) electrons. The highest BCUT2D eigenvalue weighted by Gasteiger charge is 2.01. The number of nitrogens with zero attached hydrogens (tertiary/aromatic N) is 1. The van der Waals surface area contributed by atoms with Crippen LogP contribution in [0.1, 0.15) is 45.4 Å². The average molecular weight is 354 g/mol. The van der Waals surface area contributed by atoms with Crippen molar-refractivity contribution < 1.29 is 9.72 Å². The molecule has 0 unspecified atom stereocenters. The maximum Gasteiger partial charge on any atom is 0.269 e. The molecule has 0 fully saturated rings. The van der Waals surface area contributed by atoms with Crippen molar-refractivity contribution in [2.45, 2.75) is 45.4 Å². The van der Waals surface area contributed by atoms with Gasteiger partial charge in [0.05, 0.1) is 4.92 Å². The molecule has 0 aliphatic carbocycles. The summed E-state index contributed by atoms with van der Waals surface area (Å²) >= 11 is 0. The Morgan fingerprint density at radius 1 is 0.885 bits per heavy atom. The van der Waals surface area contributed by atoms with Crippen molar-refractivity contribution in [3.8, 4) is 0 Å². The van der Waals surface area contributed by atoms with E-state index in [1.54, 1.807) is 18.2 Å². The summed E-state index contributed by atoms with van der Waals surface area (Å²) in [4.78, 5) is 20.6. The molecule has 0 aliphatic heterocycles. The Morgan fingerprint density at radius 3 is 2.15 bits per heavy atom. The van der Waals surface area contributed by atoms with Crippen LogP contribution in [0.3, 0.4) is 0 Å². The predicted octanol–water partition coefficient (Wildman–Crippen LogP) is 5.95. The summed E-state index contributed by atoms with van der Waals surface area (Å²) < 4.78 is 0. The highest BCUT2D eigenvalue weighted by Crippen LogP contribution is 2.01. The zero-order chi connectivity index (χ0) is 19.3. The molecule has 0 aromatic carbocycles. The zero-order valence-electron chi connectivity index (χ0n) is 15.4. The highest BCUT2D eigenvalue weighted by atomic mass is 16.6. The number of unbranched alkanes of at least 4 members (excludes halogenated alkanes) is 1. The van der Waals surface area contributed by atoms with Gasteiger partial charge in [0, 0.05) is 18.6 Å². The van der Waals surface area contributed by atoms with Gasteiger partial charge in [-0.15, -0.1) is 0 Å². The minimum atomic E-state index is -0.407. The van der Waals surface area contributed by atoms with Crippen LogP contribution < -0.4 is 0 Å². The Hall–Kier alpha value is -2.75. The van der Waals surface area contributed by atoms with Crippen LogP contribution >= 0.6 is 0 Å². The van der Waals surface area contributed by atoms with Gasteiger partial charge in [-0.25, -0.2) is 0 Å². The lowest BCUT2D eigenvalue weighted by molar-refractivity contribution is -0.419. The molecule has 0 rings (SSSR count). The van der Waals surface area contributed by atoms with Crippen LogP contribution in [-0.4, -0.2) is 11.2 Å². The van der Waals surface area contributed by atoms with E-state index in [-0.39, 0.29) is 5.70 Å². The van der Waals surface area contributed by atoms with E-state index in [1.807, 2.05) is 36.7 Å². The first-order chi connectivity index (χ1) is 12.7. The van der Waals surface area contributed by atoms with E-state index < -0.39 is 4.92 Å². The van der Waals surface area contributed by atoms with E-state index in [0.29, 0.717) is 12.8 Å². The molecule has 0 spiro atoms. The minimum absolute atomic E-state index is 0.0396. The largest absolute Gasteiger partial charge is 0.291 e. The molecular formula is C22H28NO3. The van der Waals surface area contributed by atoms with Crippen LogP contribution in [-0.2, 0) is 4.79 Å². The maximum atomic E-state index is 11.0. The van der Waals surface area contributed by atoms with Crippen molar-refractivity contribution in [1.29, 1.82) is 0 Å². The smallest absolute Gasteiger partial charge is 0.269 e. The normalized spacial score (nSPS) is 13.5. The summed E-state index contributed by atoms with van der Waals surface area (Å²) in [6.07, 6.45) is 30.4. The SMILES string of the molecule is CC/C=C/C/C=C/C/C=C/C=C(/C=C/C=C/C/C=C/CC[C]=O)[N+](=O)[O-]. The van der Waals surface area contributed by atoms with Gasteiger partial charge in [0.25, 0.3) is 5.70 Å². The summed E-state index contributed by atoms with van der Waals surface area (Å²) in [5.41, 5.74) is 0.0396. The van der Waals surface area contributed by atoms with E-state index in [9.17, 15) is 14.9 Å². The summed E-state index contributed by atoms with van der Waals surface area (Å²) in [5, 5.41) is 11.0. The quantitative estimate of drug-likeness (QED) is 0.127. The molecule has 0 aromatic rings. The van der Waals surface area contributed by atoms with Gasteiger partial charge in [-0.05, 0) is 32.1 Å². The standard InChI is InChI=1S/C22H28NO3/c1-2-3-4-5-6-7-10-13-16-19-22(23(25)26)20-17-14-11-8-9-12-15-18-21-24/h3-4,6-7,9,11-14,16-17,19-20H,2,5,8,10,15,18H2,1H3/b4-3+,7-6+,12-9+,14-11+,16-13+,20-17+,22-19-. The molecule has 4 nitrogen and oxygen atoms in total. The molecule has 4 heteroatoms. The first kappa shape index (κ1) is 23.2. The molecule has 0 amide bonds. The maximum absolute atomic E-state index is 11.0. The average Bonchev–Trinajstić information content (AvgIpc) is 2.63. The summed E-state index contributed by atoms with van der Waals surface area (Å²) in [7, 11) is 0. The Balaban J connectivity index is 4.28. The van der Waals surface area contributed by atoms with E-state index in [2.05, 4.69) is 25.2 Å². The Morgan fingerprint density at radius 2 is 1.50 bits per heavy atom. The van der Waals surface area contributed by atoms with E-state index >= 15 is 0 Å². The van der Waals surface area contributed by atoms with Crippen molar-refractivity contribution in [2.24, 2.45) is 0 Å². The van der Waals surface area contributed by atoms with Crippen LogP contribution in [0.15, 0.2) is 84.7 Å². The monoisotopic (exact) mass is 354 g/mol. The van der Waals surface area contributed by atoms with E-state index in [4.69, 9.17) is 0 Å². The second-order valence-electron chi connectivity index (χ2n) is 5.28. The summed E-state index contributed by atoms with van der Waals surface area (Å²) in [6.45, 7) is 2.10. The number of carbonyl (C=O) groups excluding carboxylic acids is 1. The number of hydrogen-bond acceptors (Lipinski definition) is 3. The molecule has 0 heterocycles. The molecule has 26 heavy (non-hydrogen) atoms. The molecule has 0 N–H and O–H groups in total. The highest BCUT2D eigenvalue weighted by molar-refractivity contribution is 5.50. The Labute approximate surface area is 156 Å². The van der Waals surface area contributed by atoms with Crippen molar-refractivity contribution in [3.63, 3.8) is 0 Å². The molecule has 139 valence electrons. The van der Waals surface area contributed by atoms with Gasteiger partial charge in [-0.2, -0.15) is 0 Å². The van der Waals surface area contributed by atoms with Crippen LogP contribution in [0.2, 0.25) is 0 Å². The third-order valence-corrected chi connectivity index (χ3v) is 3.09. The first-order valence-corrected chi connectivity index (χ1v) is 8.86. The number of hydrogen-bond donors (Lipinski definition) is 0. The molecular weight excluding hydrogens is 326 g/mol. The number of rotatable bonds is 14. The molecule has 0 saturated heterocycles. The van der Waals surface area contributed by atoms with Crippen molar-refractivity contribution in [2.75, 3.05) is 0 Å². The van der Waals surface area contributed by atoms with Crippen molar-refractivity contribution >= 4 is 6.29 Å². The summed E-state index contributed by atoms with van der Waals surface area (Å²) in [5.74, 6) is 0. The van der Waals surface area contributed by atoms with E-state index in [1.165, 1.54) is 12.2 Å². The van der Waals surface area contributed by atoms with Crippen LogP contribution in [0.4, 0.5) is 0 Å². The third-order valence-electron chi connectivity index (χ3n) is 3.09. The first-order valence-electron chi connectivity index (χ1n) is 8.86. The lowest BCUT2D eigenvalue weighted by Gasteiger charge is -1.88. The van der Waals surface area contributed by atoms with Crippen LogP contribution in [0, 0.1) is 10.1 Å². The molecule has 0 aliphatic rings. The second-order valence-corrected chi connectivity index (χ2v) is 5.28. The molecule has 0 atom stereocenters. The zero-order valence-corrected chi connectivity index (χ0v) is 15.4. The van der Waals surface area contributed by atoms with Crippen molar-refractivity contribution in [1.82, 2.24) is 0 Å². The van der Waals surface area contributed by atoms with Gasteiger partial charge in [-0.1, -0.05) is 73.8 Å². The molecule has 0 bridgehead atoms. The fourth-order valence-corrected chi connectivity index (χ4v) is 1.78. The van der Waals surface area contributed by atoms with Crippen molar-refractivity contribution in [3.05, 3.63) is 94.8 Å². The van der Waals surface area contributed by atoms with Gasteiger partial charge in [0.1, 0.15) is 0 Å². The fourth-order valence-electron chi connectivity index (χ4n) is 1.78. The van der Waals surface area contributed by atoms with Crippen LogP contribution in [0.5, 0.6) is 0 Å². The van der Waals surface area contributed by atoms with Gasteiger partial charge in [-0.3, -0.25) is 14.9 Å². The fraction of sp³-hybridized carbons (Fsp3) is 0.318. The van der Waals surface area contributed by atoms with Crippen LogP contribution in [0.25, 0.3) is 0 Å². The topological polar surface area (TPSA) is 60.2 Å². The minimum Gasteiger partial charge on any atom is -0.291 e. The lowest BCUT2D eigenvalue weighted by Crippen LogP contribution is -1.94. The Kier molecular flexibility index (Phi) is 16.6. The van der Waals surface area contributed by atoms with Gasteiger partial charge in [0.2, 0.25) is 0 Å². The summed E-state index contributed by atoms with van der Waals surface area (Å²) in [6, 6.07) is 0. The van der Waals surface area contributed by atoms with Gasteiger partial charge in [0.15, 0.2) is 6.29 Å². The lowest BCUT2D eigenvalue weighted by atomic mass is 10.2.